The van der Waals surface area contributed by atoms with Gasteiger partial charge in [0, 0.05) is 25.3 Å². The highest BCUT2D eigenvalue weighted by atomic mass is 32.2. The summed E-state index contributed by atoms with van der Waals surface area (Å²) in [6, 6.07) is 6.74. The predicted molar refractivity (Wildman–Crippen MR) is 82.7 cm³/mol. The van der Waals surface area contributed by atoms with Gasteiger partial charge in [-0.15, -0.1) is 0 Å². The van der Waals surface area contributed by atoms with Crippen molar-refractivity contribution in [2.24, 2.45) is 5.92 Å². The molecule has 21 heavy (non-hydrogen) atoms. The molecule has 118 valence electrons. The number of nitrogens with one attached hydrogen (secondary N) is 1. The maximum Gasteiger partial charge on any atom is 0.279 e. The van der Waals surface area contributed by atoms with E-state index in [0.717, 1.165) is 12.8 Å². The molecule has 1 aromatic rings. The van der Waals surface area contributed by atoms with Gasteiger partial charge in [-0.1, -0.05) is 19.1 Å². The van der Waals surface area contributed by atoms with Crippen LogP contribution in [0.15, 0.2) is 24.3 Å². The second-order valence-corrected chi connectivity index (χ2v) is 7.37. The Morgan fingerprint density at radius 3 is 2.48 bits per heavy atom. The van der Waals surface area contributed by atoms with Crippen LogP contribution in [-0.4, -0.2) is 37.5 Å². The van der Waals surface area contributed by atoms with Gasteiger partial charge in [-0.25, -0.2) is 0 Å². The third kappa shape index (κ3) is 4.41. The molecule has 1 unspecified atom stereocenters. The third-order valence-electron chi connectivity index (χ3n) is 3.86. The Balaban J connectivity index is 1.90. The lowest BCUT2D eigenvalue weighted by molar-refractivity contribution is 0.180. The van der Waals surface area contributed by atoms with E-state index >= 15 is 0 Å². The highest BCUT2D eigenvalue weighted by molar-refractivity contribution is 7.87. The van der Waals surface area contributed by atoms with Crippen LogP contribution in [0.25, 0.3) is 0 Å². The smallest absolute Gasteiger partial charge is 0.279 e. The van der Waals surface area contributed by atoms with E-state index in [1.165, 1.54) is 4.31 Å². The Kier molecular flexibility index (Phi) is 5.21. The van der Waals surface area contributed by atoms with Crippen molar-refractivity contribution in [2.45, 2.75) is 25.9 Å². The molecule has 1 atom stereocenters. The van der Waals surface area contributed by atoms with Crippen LogP contribution in [0.5, 0.6) is 0 Å². The Hall–Kier alpha value is -1.15. The van der Waals surface area contributed by atoms with E-state index in [-0.39, 0.29) is 6.54 Å². The second-order valence-electron chi connectivity index (χ2n) is 5.62. The number of nitrogens with zero attached hydrogens (tertiary/aromatic N) is 1. The molecule has 1 saturated heterocycles. The van der Waals surface area contributed by atoms with Crippen LogP contribution in [0.1, 0.15) is 31.4 Å². The molecule has 1 aromatic carbocycles. The zero-order valence-electron chi connectivity index (χ0n) is 12.2. The molecule has 6 nitrogen and oxygen atoms in total. The first kappa shape index (κ1) is 16.2. The van der Waals surface area contributed by atoms with Gasteiger partial charge in [-0.2, -0.15) is 17.4 Å². The van der Waals surface area contributed by atoms with Gasteiger partial charge in [-0.05, 0) is 36.5 Å². The summed E-state index contributed by atoms with van der Waals surface area (Å²) in [5, 5.41) is 10.0. The number of nitrogens with two attached hydrogens (primary N) is 1. The lowest BCUT2D eigenvalue weighted by Gasteiger charge is -2.29. The van der Waals surface area contributed by atoms with Gasteiger partial charge in [0.15, 0.2) is 0 Å². The normalized spacial score (nSPS) is 19.5. The molecular weight excluding hydrogens is 290 g/mol. The van der Waals surface area contributed by atoms with Crippen LogP contribution in [0.2, 0.25) is 0 Å². The molecule has 0 bridgehead atoms. The number of piperidine rings is 1. The molecule has 0 aliphatic carbocycles. The summed E-state index contributed by atoms with van der Waals surface area (Å²) in [6.45, 7) is 3.16. The molecule has 1 heterocycles. The molecule has 0 saturated carbocycles. The summed E-state index contributed by atoms with van der Waals surface area (Å²) in [7, 11) is -3.52. The summed E-state index contributed by atoms with van der Waals surface area (Å²) in [5.74, 6) is 0.566. The van der Waals surface area contributed by atoms with Crippen molar-refractivity contribution >= 4 is 15.9 Å². The van der Waals surface area contributed by atoms with Gasteiger partial charge in [0.1, 0.15) is 0 Å². The number of aliphatic hydroxyl groups is 1. The monoisotopic (exact) mass is 313 g/mol. The van der Waals surface area contributed by atoms with E-state index in [2.05, 4.69) is 11.6 Å². The van der Waals surface area contributed by atoms with Crippen molar-refractivity contribution in [3.8, 4) is 0 Å². The average Bonchev–Trinajstić information content (AvgIpc) is 2.46. The maximum absolute atomic E-state index is 12.2. The lowest BCUT2D eigenvalue weighted by Crippen LogP contribution is -2.45. The van der Waals surface area contributed by atoms with Crippen molar-refractivity contribution in [3.05, 3.63) is 29.8 Å². The maximum atomic E-state index is 12.2. The number of benzene rings is 1. The highest BCUT2D eigenvalue weighted by Crippen LogP contribution is 2.19. The largest absolute Gasteiger partial charge is 0.399 e. The van der Waals surface area contributed by atoms with Crippen LogP contribution in [-0.2, 0) is 10.2 Å². The van der Waals surface area contributed by atoms with Crippen LogP contribution >= 0.6 is 0 Å². The molecule has 1 aliphatic rings. The minimum atomic E-state index is -3.52. The first-order chi connectivity index (χ1) is 9.88. The predicted octanol–water partition coefficient (Wildman–Crippen LogP) is 0.868. The van der Waals surface area contributed by atoms with Crippen LogP contribution in [0.3, 0.4) is 0 Å². The van der Waals surface area contributed by atoms with Gasteiger partial charge in [0.25, 0.3) is 10.2 Å². The summed E-state index contributed by atoms with van der Waals surface area (Å²) >= 11 is 0. The fraction of sp³-hybridized carbons (Fsp3) is 0.571. The van der Waals surface area contributed by atoms with Crippen molar-refractivity contribution in [2.75, 3.05) is 25.4 Å². The summed E-state index contributed by atoms with van der Waals surface area (Å²) < 4.78 is 28.3. The standard InChI is InChI=1S/C14H23N3O3S/c1-11-6-8-17(9-7-11)21(19,20)16-10-14(18)12-2-4-13(15)5-3-12/h2-5,11,14,16,18H,6-10,15H2,1H3. The molecule has 0 radical (unpaired) electrons. The minimum Gasteiger partial charge on any atom is -0.399 e. The number of hydrogen-bond donors (Lipinski definition) is 3. The molecule has 4 N–H and O–H groups in total. The molecule has 0 amide bonds. The fourth-order valence-corrected chi connectivity index (χ4v) is 3.58. The molecule has 2 rings (SSSR count). The lowest BCUT2D eigenvalue weighted by atomic mass is 10.0. The molecule has 1 aliphatic heterocycles. The Bertz CT molecular complexity index is 551. The number of hydrogen-bond acceptors (Lipinski definition) is 4. The van der Waals surface area contributed by atoms with E-state index in [0.29, 0.717) is 30.3 Å². The zero-order valence-corrected chi connectivity index (χ0v) is 13.0. The summed E-state index contributed by atoms with van der Waals surface area (Å²) in [5.41, 5.74) is 6.82. The quantitative estimate of drug-likeness (QED) is 0.703. The van der Waals surface area contributed by atoms with Crippen molar-refractivity contribution < 1.29 is 13.5 Å². The van der Waals surface area contributed by atoms with E-state index in [1.807, 2.05) is 0 Å². The number of nitrogen functional groups attached to an aromatic ring is 1. The van der Waals surface area contributed by atoms with Crippen molar-refractivity contribution in [3.63, 3.8) is 0 Å². The van der Waals surface area contributed by atoms with E-state index in [4.69, 9.17) is 5.73 Å². The van der Waals surface area contributed by atoms with Crippen LogP contribution in [0, 0.1) is 5.92 Å². The van der Waals surface area contributed by atoms with E-state index in [9.17, 15) is 13.5 Å². The van der Waals surface area contributed by atoms with Crippen molar-refractivity contribution in [1.82, 2.24) is 9.03 Å². The van der Waals surface area contributed by atoms with Crippen LogP contribution in [0.4, 0.5) is 5.69 Å². The van der Waals surface area contributed by atoms with E-state index < -0.39 is 16.3 Å². The highest BCUT2D eigenvalue weighted by Gasteiger charge is 2.26. The van der Waals surface area contributed by atoms with Gasteiger partial charge in [0.05, 0.1) is 6.10 Å². The zero-order chi connectivity index (χ0) is 15.5. The average molecular weight is 313 g/mol. The van der Waals surface area contributed by atoms with Crippen molar-refractivity contribution in [1.29, 1.82) is 0 Å². The molecule has 0 spiro atoms. The summed E-state index contributed by atoms with van der Waals surface area (Å²) in [4.78, 5) is 0. The Labute approximate surface area is 126 Å². The SMILES string of the molecule is CC1CCN(S(=O)(=O)NCC(O)c2ccc(N)cc2)CC1. The molecule has 0 aromatic heterocycles. The van der Waals surface area contributed by atoms with Crippen LogP contribution < -0.4 is 10.5 Å². The number of anilines is 1. The van der Waals surface area contributed by atoms with Gasteiger partial charge in [-0.3, -0.25) is 0 Å². The Morgan fingerprint density at radius 2 is 1.90 bits per heavy atom. The van der Waals surface area contributed by atoms with Gasteiger partial charge < -0.3 is 10.8 Å². The molecule has 1 fully saturated rings. The first-order valence-corrected chi connectivity index (χ1v) is 8.61. The summed E-state index contributed by atoms with van der Waals surface area (Å²) in [6.07, 6.45) is 0.868. The molecule has 7 heteroatoms. The molecular formula is C14H23N3O3S. The second kappa shape index (κ2) is 6.74. The topological polar surface area (TPSA) is 95.7 Å². The number of aliphatic hydroxyl groups excluding tert-OH is 1. The number of rotatable bonds is 5. The fourth-order valence-electron chi connectivity index (χ4n) is 2.34. The third-order valence-corrected chi connectivity index (χ3v) is 5.44. The first-order valence-electron chi connectivity index (χ1n) is 7.17. The van der Waals surface area contributed by atoms with Gasteiger partial charge >= 0.3 is 0 Å². The minimum absolute atomic E-state index is 0.0433. The van der Waals surface area contributed by atoms with E-state index in [1.54, 1.807) is 24.3 Å². The van der Waals surface area contributed by atoms with Gasteiger partial charge in [0.2, 0.25) is 0 Å². The Morgan fingerprint density at radius 1 is 1.33 bits per heavy atom.